The van der Waals surface area contributed by atoms with Crippen molar-refractivity contribution < 1.29 is 19.3 Å². The number of ether oxygens (including phenoxy) is 3. The Morgan fingerprint density at radius 1 is 1.33 bits per heavy atom. The van der Waals surface area contributed by atoms with Gasteiger partial charge in [-0.25, -0.2) is 0 Å². The molecule has 1 heterocycles. The van der Waals surface area contributed by atoms with Gasteiger partial charge in [-0.05, 0) is 44.5 Å². The van der Waals surface area contributed by atoms with Crippen molar-refractivity contribution in [2.75, 3.05) is 39.5 Å². The summed E-state index contributed by atoms with van der Waals surface area (Å²) in [6, 6.07) is 6.04. The van der Waals surface area contributed by atoms with E-state index in [0.717, 1.165) is 30.2 Å². The normalized spacial score (nSPS) is 18.8. The highest BCUT2D eigenvalue weighted by atomic mass is 16.5. The van der Waals surface area contributed by atoms with E-state index in [1.165, 1.54) is 5.57 Å². The maximum atomic E-state index is 9.85. The molecule has 2 rings (SSSR count). The molecule has 24 heavy (non-hydrogen) atoms. The van der Waals surface area contributed by atoms with Crippen LogP contribution in [0.2, 0.25) is 0 Å². The van der Waals surface area contributed by atoms with Crippen molar-refractivity contribution in [1.82, 2.24) is 4.90 Å². The van der Waals surface area contributed by atoms with E-state index in [-0.39, 0.29) is 0 Å². The Bertz CT molecular complexity index is 540. The fourth-order valence-corrected chi connectivity index (χ4v) is 2.59. The Balaban J connectivity index is 2.05. The Kier molecular flexibility index (Phi) is 7.56. The van der Waals surface area contributed by atoms with Crippen LogP contribution in [0.4, 0.5) is 0 Å². The Labute approximate surface area is 144 Å². The largest absolute Gasteiger partial charge is 0.490 e. The standard InChI is InChI=1S/C19H29NO4/c1-4-23-19-11-16(5-6-18(19)24-9-7-15(2)3)12-20-8-10-22-14-17(21)13-20/h5-7,11,17,21H,4,8-10,12-14H2,1-3H3. The summed E-state index contributed by atoms with van der Waals surface area (Å²) < 4.78 is 16.9. The van der Waals surface area contributed by atoms with Crippen LogP contribution in [0.3, 0.4) is 0 Å². The first-order valence-electron chi connectivity index (χ1n) is 8.58. The summed E-state index contributed by atoms with van der Waals surface area (Å²) in [4.78, 5) is 2.20. The number of hydrogen-bond donors (Lipinski definition) is 1. The molecule has 0 amide bonds. The molecule has 0 aromatic heterocycles. The predicted octanol–water partition coefficient (Wildman–Crippen LogP) is 2.62. The molecule has 0 bridgehead atoms. The molecule has 1 N–H and O–H groups in total. The predicted molar refractivity (Wildman–Crippen MR) is 94.6 cm³/mol. The molecule has 0 spiro atoms. The summed E-state index contributed by atoms with van der Waals surface area (Å²) in [7, 11) is 0. The van der Waals surface area contributed by atoms with Crippen molar-refractivity contribution in [3.63, 3.8) is 0 Å². The lowest BCUT2D eigenvalue weighted by atomic mass is 10.1. The average molecular weight is 335 g/mol. The number of allylic oxidation sites excluding steroid dienone is 1. The molecular weight excluding hydrogens is 306 g/mol. The molecule has 0 aliphatic carbocycles. The Morgan fingerprint density at radius 2 is 2.17 bits per heavy atom. The fourth-order valence-electron chi connectivity index (χ4n) is 2.59. The summed E-state index contributed by atoms with van der Waals surface area (Å²) in [6.45, 7) is 10.5. The minimum absolute atomic E-state index is 0.415. The van der Waals surface area contributed by atoms with Crippen LogP contribution >= 0.6 is 0 Å². The number of aliphatic hydroxyl groups excluding tert-OH is 1. The molecule has 1 aromatic carbocycles. The lowest BCUT2D eigenvalue weighted by Gasteiger charge is -2.21. The number of nitrogens with zero attached hydrogens (tertiary/aromatic N) is 1. The van der Waals surface area contributed by atoms with E-state index in [2.05, 4.69) is 24.8 Å². The molecule has 1 unspecified atom stereocenters. The van der Waals surface area contributed by atoms with Gasteiger partial charge in [-0.1, -0.05) is 11.6 Å². The van der Waals surface area contributed by atoms with Gasteiger partial charge in [0, 0.05) is 19.6 Å². The SMILES string of the molecule is CCOc1cc(CN2CCOCC(O)C2)ccc1OCC=C(C)C. The molecule has 1 aliphatic heterocycles. The third-order valence-corrected chi connectivity index (χ3v) is 3.78. The lowest BCUT2D eigenvalue weighted by molar-refractivity contribution is 0.0562. The van der Waals surface area contributed by atoms with E-state index < -0.39 is 6.10 Å². The molecule has 1 aromatic rings. The molecular formula is C19H29NO4. The number of β-amino-alcohol motifs (C(OH)–C–C–N with tert-alkyl or cyclic N) is 1. The van der Waals surface area contributed by atoms with Gasteiger partial charge in [0.25, 0.3) is 0 Å². The third kappa shape index (κ3) is 6.15. The molecule has 1 aliphatic rings. The van der Waals surface area contributed by atoms with Crippen molar-refractivity contribution in [2.45, 2.75) is 33.4 Å². The maximum absolute atomic E-state index is 9.85. The minimum atomic E-state index is -0.425. The second-order valence-corrected chi connectivity index (χ2v) is 6.27. The van der Waals surface area contributed by atoms with Crippen LogP contribution in [0.15, 0.2) is 29.8 Å². The Hall–Kier alpha value is -1.56. The topological polar surface area (TPSA) is 51.2 Å². The summed E-state index contributed by atoms with van der Waals surface area (Å²) in [5.74, 6) is 1.53. The van der Waals surface area contributed by atoms with Gasteiger partial charge < -0.3 is 19.3 Å². The number of rotatable bonds is 7. The van der Waals surface area contributed by atoms with Crippen LogP contribution in [0, 0.1) is 0 Å². The van der Waals surface area contributed by atoms with E-state index in [0.29, 0.717) is 33.0 Å². The molecule has 1 atom stereocenters. The van der Waals surface area contributed by atoms with Gasteiger partial charge in [-0.2, -0.15) is 0 Å². The van der Waals surface area contributed by atoms with Crippen molar-refractivity contribution in [1.29, 1.82) is 0 Å². The van der Waals surface area contributed by atoms with Crippen LogP contribution in [-0.2, 0) is 11.3 Å². The third-order valence-electron chi connectivity index (χ3n) is 3.78. The highest BCUT2D eigenvalue weighted by Gasteiger charge is 2.17. The van der Waals surface area contributed by atoms with Crippen LogP contribution in [0.1, 0.15) is 26.3 Å². The number of benzene rings is 1. The zero-order valence-electron chi connectivity index (χ0n) is 15.0. The van der Waals surface area contributed by atoms with Gasteiger partial charge in [0.1, 0.15) is 6.61 Å². The highest BCUT2D eigenvalue weighted by molar-refractivity contribution is 5.43. The number of hydrogen-bond acceptors (Lipinski definition) is 5. The molecule has 0 radical (unpaired) electrons. The Morgan fingerprint density at radius 3 is 2.92 bits per heavy atom. The van der Waals surface area contributed by atoms with Crippen molar-refractivity contribution >= 4 is 0 Å². The number of aliphatic hydroxyl groups is 1. The van der Waals surface area contributed by atoms with Crippen LogP contribution < -0.4 is 9.47 Å². The maximum Gasteiger partial charge on any atom is 0.161 e. The van der Waals surface area contributed by atoms with E-state index in [1.54, 1.807) is 0 Å². The molecule has 1 fully saturated rings. The molecule has 1 saturated heterocycles. The second-order valence-electron chi connectivity index (χ2n) is 6.27. The lowest BCUT2D eigenvalue weighted by Crippen LogP contribution is -2.32. The smallest absolute Gasteiger partial charge is 0.161 e. The monoisotopic (exact) mass is 335 g/mol. The average Bonchev–Trinajstić information content (AvgIpc) is 2.73. The van der Waals surface area contributed by atoms with E-state index in [1.807, 2.05) is 25.1 Å². The van der Waals surface area contributed by atoms with Gasteiger partial charge in [0.2, 0.25) is 0 Å². The fraction of sp³-hybridized carbons (Fsp3) is 0.579. The molecule has 5 nitrogen and oxygen atoms in total. The summed E-state index contributed by atoms with van der Waals surface area (Å²) >= 11 is 0. The molecule has 0 saturated carbocycles. The second kappa shape index (κ2) is 9.67. The quantitative estimate of drug-likeness (QED) is 0.776. The molecule has 5 heteroatoms. The van der Waals surface area contributed by atoms with Crippen LogP contribution in [0.5, 0.6) is 11.5 Å². The van der Waals surface area contributed by atoms with Gasteiger partial charge in [0.05, 0.1) is 25.9 Å². The first kappa shape index (κ1) is 18.8. The van der Waals surface area contributed by atoms with E-state index >= 15 is 0 Å². The highest BCUT2D eigenvalue weighted by Crippen LogP contribution is 2.29. The van der Waals surface area contributed by atoms with Gasteiger partial charge in [-0.3, -0.25) is 4.90 Å². The summed E-state index contributed by atoms with van der Waals surface area (Å²) in [5, 5.41) is 9.85. The van der Waals surface area contributed by atoms with Gasteiger partial charge in [0.15, 0.2) is 11.5 Å². The summed E-state index contributed by atoms with van der Waals surface area (Å²) in [5.41, 5.74) is 2.37. The van der Waals surface area contributed by atoms with Crippen LogP contribution in [0.25, 0.3) is 0 Å². The van der Waals surface area contributed by atoms with Crippen molar-refractivity contribution in [3.8, 4) is 11.5 Å². The van der Waals surface area contributed by atoms with E-state index in [9.17, 15) is 5.11 Å². The van der Waals surface area contributed by atoms with Crippen molar-refractivity contribution in [2.24, 2.45) is 0 Å². The first-order valence-corrected chi connectivity index (χ1v) is 8.58. The zero-order chi connectivity index (χ0) is 17.4. The first-order chi connectivity index (χ1) is 11.6. The molecule has 134 valence electrons. The van der Waals surface area contributed by atoms with E-state index in [4.69, 9.17) is 14.2 Å². The van der Waals surface area contributed by atoms with Crippen LogP contribution in [-0.4, -0.2) is 55.6 Å². The zero-order valence-corrected chi connectivity index (χ0v) is 15.0. The summed E-state index contributed by atoms with van der Waals surface area (Å²) in [6.07, 6.45) is 1.62. The van der Waals surface area contributed by atoms with Gasteiger partial charge in [-0.15, -0.1) is 0 Å². The van der Waals surface area contributed by atoms with Crippen molar-refractivity contribution in [3.05, 3.63) is 35.4 Å². The van der Waals surface area contributed by atoms with Gasteiger partial charge >= 0.3 is 0 Å². The minimum Gasteiger partial charge on any atom is -0.490 e.